The van der Waals surface area contributed by atoms with Crippen molar-refractivity contribution in [1.29, 1.82) is 0 Å². The van der Waals surface area contributed by atoms with E-state index in [1.165, 1.54) is 12.1 Å². The van der Waals surface area contributed by atoms with Gasteiger partial charge in [0.15, 0.2) is 5.60 Å². The molecule has 1 atom stereocenters. The minimum atomic E-state index is -5.86. The number of benzene rings is 1. The molecule has 0 aromatic heterocycles. The second-order valence-corrected chi connectivity index (χ2v) is 6.46. The van der Waals surface area contributed by atoms with Crippen LogP contribution in [-0.2, 0) is 5.60 Å². The molecule has 1 N–H and O–H groups in total. The summed E-state index contributed by atoms with van der Waals surface area (Å²) < 4.78 is 66.3. The molecule has 0 aliphatic heterocycles. The molecule has 1 aromatic rings. The predicted molar refractivity (Wildman–Crippen MR) is 68.5 cm³/mol. The maximum Gasteiger partial charge on any atom is 0.456 e. The Morgan fingerprint density at radius 1 is 1.00 bits per heavy atom. The van der Waals surface area contributed by atoms with Gasteiger partial charge in [-0.25, -0.2) is 0 Å². The summed E-state index contributed by atoms with van der Waals surface area (Å²) in [5, 5.41) is 10.3. The third-order valence-corrected chi connectivity index (χ3v) is 3.63. The minimum absolute atomic E-state index is 0.302. The molecule has 0 fully saturated rings. The highest BCUT2D eigenvalue weighted by Gasteiger charge is 2.73. The van der Waals surface area contributed by atoms with Crippen LogP contribution in [0.2, 0.25) is 0 Å². The van der Waals surface area contributed by atoms with Crippen molar-refractivity contribution < 1.29 is 27.1 Å². The maximum absolute atomic E-state index is 13.9. The smallest absolute Gasteiger partial charge is 0.378 e. The number of aliphatic hydroxyl groups is 1. The summed E-state index contributed by atoms with van der Waals surface area (Å²) in [6, 6.07) is 4.88. The van der Waals surface area contributed by atoms with Crippen LogP contribution in [0.15, 0.2) is 28.7 Å². The van der Waals surface area contributed by atoms with E-state index in [1.807, 2.05) is 0 Å². The molecule has 1 unspecified atom stereocenters. The van der Waals surface area contributed by atoms with Crippen LogP contribution in [0.3, 0.4) is 0 Å². The van der Waals surface area contributed by atoms with E-state index in [0.717, 1.165) is 32.9 Å². The first kappa shape index (κ1) is 17.4. The van der Waals surface area contributed by atoms with Gasteiger partial charge in [0.25, 0.3) is 0 Å². The van der Waals surface area contributed by atoms with E-state index in [2.05, 4.69) is 15.9 Å². The summed E-state index contributed by atoms with van der Waals surface area (Å²) in [6.45, 7) is 3.40. The van der Waals surface area contributed by atoms with Gasteiger partial charge >= 0.3 is 12.1 Å². The Hall–Kier alpha value is -0.690. The van der Waals surface area contributed by atoms with Crippen molar-refractivity contribution >= 4 is 15.9 Å². The molecule has 0 aliphatic rings. The summed E-state index contributed by atoms with van der Waals surface area (Å²) in [7, 11) is 0. The lowest BCUT2D eigenvalue weighted by Gasteiger charge is -2.46. The largest absolute Gasteiger partial charge is 0.456 e. The molecular formula is C13H14BrF5O. The monoisotopic (exact) mass is 360 g/mol. The zero-order valence-electron chi connectivity index (χ0n) is 11.0. The van der Waals surface area contributed by atoms with Crippen molar-refractivity contribution in [3.8, 4) is 0 Å². The third kappa shape index (κ3) is 2.57. The van der Waals surface area contributed by atoms with E-state index >= 15 is 0 Å². The summed E-state index contributed by atoms with van der Waals surface area (Å²) >= 11 is 3.00. The van der Waals surface area contributed by atoms with Crippen molar-refractivity contribution in [2.45, 2.75) is 38.5 Å². The van der Waals surface area contributed by atoms with Crippen LogP contribution in [-0.4, -0.2) is 17.2 Å². The highest BCUT2D eigenvalue weighted by Crippen LogP contribution is 2.56. The molecule has 1 aromatic carbocycles. The van der Waals surface area contributed by atoms with E-state index in [1.54, 1.807) is 0 Å². The van der Waals surface area contributed by atoms with Crippen LogP contribution in [0.4, 0.5) is 22.0 Å². The topological polar surface area (TPSA) is 20.2 Å². The van der Waals surface area contributed by atoms with Gasteiger partial charge in [0.1, 0.15) is 0 Å². The van der Waals surface area contributed by atoms with Gasteiger partial charge in [-0.1, -0.05) is 48.8 Å². The molecule has 20 heavy (non-hydrogen) atoms. The van der Waals surface area contributed by atoms with Crippen molar-refractivity contribution in [2.24, 2.45) is 5.41 Å². The Morgan fingerprint density at radius 3 is 1.85 bits per heavy atom. The van der Waals surface area contributed by atoms with Crippen molar-refractivity contribution in [3.05, 3.63) is 34.3 Å². The highest BCUT2D eigenvalue weighted by atomic mass is 79.9. The molecule has 114 valence electrons. The summed E-state index contributed by atoms with van der Waals surface area (Å²) in [5.41, 5.74) is -5.63. The lowest BCUT2D eigenvalue weighted by atomic mass is 9.68. The van der Waals surface area contributed by atoms with E-state index < -0.39 is 28.7 Å². The predicted octanol–water partition coefficient (Wildman–Crippen LogP) is 4.88. The first-order valence-electron chi connectivity index (χ1n) is 5.68. The van der Waals surface area contributed by atoms with E-state index in [4.69, 9.17) is 0 Å². The Bertz CT molecular complexity index is 492. The van der Waals surface area contributed by atoms with Crippen LogP contribution < -0.4 is 0 Å². The van der Waals surface area contributed by atoms with Crippen LogP contribution in [0.1, 0.15) is 26.3 Å². The highest BCUT2D eigenvalue weighted by molar-refractivity contribution is 9.10. The Balaban J connectivity index is 3.63. The number of hydrogen-bond acceptors (Lipinski definition) is 1. The first-order valence-corrected chi connectivity index (χ1v) is 6.47. The molecule has 0 saturated carbocycles. The van der Waals surface area contributed by atoms with Gasteiger partial charge in [0.05, 0.1) is 0 Å². The molecule has 7 heteroatoms. The lowest BCUT2D eigenvalue weighted by Crippen LogP contribution is -2.61. The molecule has 0 amide bonds. The number of hydrogen-bond donors (Lipinski definition) is 1. The number of halogens is 6. The van der Waals surface area contributed by atoms with Crippen molar-refractivity contribution in [2.75, 3.05) is 0 Å². The SMILES string of the molecule is CC(C)(C)C(O)(c1cccc(Br)c1)C(F)(F)C(F)(F)F. The second-order valence-electron chi connectivity index (χ2n) is 5.54. The van der Waals surface area contributed by atoms with Gasteiger partial charge < -0.3 is 5.11 Å². The van der Waals surface area contributed by atoms with Crippen LogP contribution >= 0.6 is 15.9 Å². The van der Waals surface area contributed by atoms with Crippen molar-refractivity contribution in [3.63, 3.8) is 0 Å². The second kappa shape index (κ2) is 4.94. The summed E-state index contributed by atoms with van der Waals surface area (Å²) in [6.07, 6.45) is -5.86. The van der Waals surface area contributed by atoms with Crippen LogP contribution in [0.5, 0.6) is 0 Å². The molecular weight excluding hydrogens is 347 g/mol. The van der Waals surface area contributed by atoms with Crippen LogP contribution in [0, 0.1) is 5.41 Å². The number of alkyl halides is 5. The zero-order valence-corrected chi connectivity index (χ0v) is 12.6. The molecule has 0 bridgehead atoms. The number of rotatable bonds is 2. The molecule has 0 saturated heterocycles. The normalized spacial score (nSPS) is 16.9. The average molecular weight is 361 g/mol. The van der Waals surface area contributed by atoms with Gasteiger partial charge in [-0.05, 0) is 17.7 Å². The van der Waals surface area contributed by atoms with E-state index in [-0.39, 0.29) is 0 Å². The molecule has 0 heterocycles. The Kier molecular flexibility index (Phi) is 4.29. The first-order chi connectivity index (χ1) is 8.75. The van der Waals surface area contributed by atoms with Gasteiger partial charge in [-0.3, -0.25) is 0 Å². The average Bonchev–Trinajstić information content (AvgIpc) is 2.24. The van der Waals surface area contributed by atoms with Gasteiger partial charge in [0.2, 0.25) is 0 Å². The van der Waals surface area contributed by atoms with Crippen LogP contribution in [0.25, 0.3) is 0 Å². The fourth-order valence-electron chi connectivity index (χ4n) is 2.00. The molecule has 1 nitrogen and oxygen atoms in total. The third-order valence-electron chi connectivity index (χ3n) is 3.14. The molecule has 0 aliphatic carbocycles. The van der Waals surface area contributed by atoms with Gasteiger partial charge in [0, 0.05) is 9.89 Å². The van der Waals surface area contributed by atoms with Gasteiger partial charge in [-0.2, -0.15) is 22.0 Å². The lowest BCUT2D eigenvalue weighted by molar-refractivity contribution is -0.366. The summed E-state index contributed by atoms with van der Waals surface area (Å²) in [5.74, 6) is -5.29. The quantitative estimate of drug-likeness (QED) is 0.745. The summed E-state index contributed by atoms with van der Waals surface area (Å²) in [4.78, 5) is 0. The fourth-order valence-corrected chi connectivity index (χ4v) is 2.40. The fraction of sp³-hybridized carbons (Fsp3) is 0.538. The Morgan fingerprint density at radius 2 is 1.50 bits per heavy atom. The molecule has 1 rings (SSSR count). The molecule has 0 spiro atoms. The maximum atomic E-state index is 13.9. The van der Waals surface area contributed by atoms with Gasteiger partial charge in [-0.15, -0.1) is 0 Å². The molecule has 0 radical (unpaired) electrons. The van der Waals surface area contributed by atoms with E-state index in [9.17, 15) is 27.1 Å². The Labute approximate surface area is 121 Å². The standard InChI is InChI=1S/C13H14BrF5O/c1-10(2,3)11(20,12(15,16)13(17,18)19)8-5-4-6-9(14)7-8/h4-7,20H,1-3H3. The zero-order chi connectivity index (χ0) is 16.0. The van der Waals surface area contributed by atoms with Crippen molar-refractivity contribution in [1.82, 2.24) is 0 Å². The van der Waals surface area contributed by atoms with E-state index in [0.29, 0.717) is 4.47 Å². The minimum Gasteiger partial charge on any atom is -0.378 e.